The van der Waals surface area contributed by atoms with Gasteiger partial charge in [0, 0.05) is 25.8 Å². The van der Waals surface area contributed by atoms with Crippen molar-refractivity contribution in [3.05, 3.63) is 17.0 Å². The van der Waals surface area contributed by atoms with Crippen LogP contribution in [0.2, 0.25) is 5.15 Å². The normalized spacial score (nSPS) is 17.9. The van der Waals surface area contributed by atoms with Gasteiger partial charge in [-0.25, -0.2) is 9.97 Å². The highest BCUT2D eigenvalue weighted by molar-refractivity contribution is 6.29. The van der Waals surface area contributed by atoms with Gasteiger partial charge in [0.1, 0.15) is 17.6 Å². The van der Waals surface area contributed by atoms with Crippen molar-refractivity contribution in [3.63, 3.8) is 0 Å². The van der Waals surface area contributed by atoms with E-state index in [0.717, 1.165) is 12.4 Å². The third-order valence-corrected chi connectivity index (χ3v) is 3.58. The molecule has 0 saturated carbocycles. The van der Waals surface area contributed by atoms with Crippen LogP contribution in [0, 0.1) is 0 Å². The summed E-state index contributed by atoms with van der Waals surface area (Å²) in [5.74, 6) is 1.37. The van der Waals surface area contributed by atoms with E-state index in [1.165, 1.54) is 32.4 Å². The fourth-order valence-corrected chi connectivity index (χ4v) is 2.76. The quantitative estimate of drug-likeness (QED) is 0.818. The van der Waals surface area contributed by atoms with E-state index in [0.29, 0.717) is 23.6 Å². The fourth-order valence-electron chi connectivity index (χ4n) is 2.56. The van der Waals surface area contributed by atoms with E-state index in [2.05, 4.69) is 27.1 Å². The molecule has 0 aromatic carbocycles. The molecule has 0 radical (unpaired) electrons. The predicted molar refractivity (Wildman–Crippen MR) is 81.1 cm³/mol. The highest BCUT2D eigenvalue weighted by Crippen LogP contribution is 2.14. The molecule has 20 heavy (non-hydrogen) atoms. The molecule has 5 nitrogen and oxygen atoms in total. The number of hydrogen-bond acceptors (Lipinski definition) is 5. The summed E-state index contributed by atoms with van der Waals surface area (Å²) in [5, 5.41) is 3.84. The summed E-state index contributed by atoms with van der Waals surface area (Å²) >= 11 is 6.00. The minimum absolute atomic E-state index is 0.328. The van der Waals surface area contributed by atoms with Gasteiger partial charge in [0.05, 0.1) is 0 Å². The second kappa shape index (κ2) is 7.76. The second-order valence-corrected chi connectivity index (χ2v) is 5.72. The summed E-state index contributed by atoms with van der Waals surface area (Å²) in [6.45, 7) is 5.97. The Morgan fingerprint density at radius 1 is 1.35 bits per heavy atom. The number of hydrogen-bond donors (Lipinski definition) is 1. The average molecular weight is 299 g/mol. The van der Waals surface area contributed by atoms with Crippen LogP contribution in [0.4, 0.5) is 5.82 Å². The molecule has 112 valence electrons. The molecule has 1 N–H and O–H groups in total. The molecule has 0 amide bonds. The predicted octanol–water partition coefficient (Wildman–Crippen LogP) is 2.56. The van der Waals surface area contributed by atoms with Crippen LogP contribution in [0.3, 0.4) is 0 Å². The minimum Gasteiger partial charge on any atom is -0.377 e. The fraction of sp³-hybridized carbons (Fsp3) is 0.714. The molecule has 1 aromatic heterocycles. The van der Waals surface area contributed by atoms with E-state index in [4.69, 9.17) is 16.3 Å². The Bertz CT molecular complexity index is 424. The lowest BCUT2D eigenvalue weighted by molar-refractivity contribution is 0.178. The van der Waals surface area contributed by atoms with E-state index in [9.17, 15) is 0 Å². The Morgan fingerprint density at radius 2 is 2.10 bits per heavy atom. The standard InChI is InChI=1S/C14H23ClN4O/c1-11(9-19-6-4-3-5-7-19)16-13-8-12(15)17-14(18-13)10-20-2/h8,11H,3-7,9-10H2,1-2H3,(H,16,17,18). The van der Waals surface area contributed by atoms with Gasteiger partial charge in [0.2, 0.25) is 0 Å². The number of nitrogens with one attached hydrogen (secondary N) is 1. The lowest BCUT2D eigenvalue weighted by atomic mass is 10.1. The van der Waals surface area contributed by atoms with Gasteiger partial charge in [0.15, 0.2) is 5.82 Å². The number of nitrogens with zero attached hydrogens (tertiary/aromatic N) is 3. The van der Waals surface area contributed by atoms with Crippen LogP contribution in [0.15, 0.2) is 6.07 Å². The number of ether oxygens (including phenoxy) is 1. The van der Waals surface area contributed by atoms with Gasteiger partial charge in [-0.2, -0.15) is 0 Å². The van der Waals surface area contributed by atoms with Crippen LogP contribution in [0.25, 0.3) is 0 Å². The first-order chi connectivity index (χ1) is 9.67. The topological polar surface area (TPSA) is 50.3 Å². The molecular weight excluding hydrogens is 276 g/mol. The van der Waals surface area contributed by atoms with Gasteiger partial charge in [-0.05, 0) is 32.9 Å². The molecule has 0 bridgehead atoms. The molecular formula is C14H23ClN4O. The molecule has 2 heterocycles. The Morgan fingerprint density at radius 3 is 2.80 bits per heavy atom. The van der Waals surface area contributed by atoms with Crippen molar-refractivity contribution >= 4 is 17.4 Å². The Kier molecular flexibility index (Phi) is 6.01. The maximum absolute atomic E-state index is 6.00. The molecule has 1 fully saturated rings. The van der Waals surface area contributed by atoms with Gasteiger partial charge in [-0.1, -0.05) is 18.0 Å². The number of piperidine rings is 1. The number of methoxy groups -OCH3 is 1. The molecule has 1 aliphatic heterocycles. The zero-order valence-corrected chi connectivity index (χ0v) is 13.0. The number of likely N-dealkylation sites (tertiary alicyclic amines) is 1. The molecule has 1 saturated heterocycles. The summed E-state index contributed by atoms with van der Waals surface area (Å²) < 4.78 is 5.04. The van der Waals surface area contributed by atoms with Crippen molar-refractivity contribution in [3.8, 4) is 0 Å². The first-order valence-corrected chi connectivity index (χ1v) is 7.56. The van der Waals surface area contributed by atoms with Crippen molar-refractivity contribution < 1.29 is 4.74 Å². The summed E-state index contributed by atoms with van der Waals surface area (Å²) in [4.78, 5) is 11.0. The Hall–Kier alpha value is -0.910. The van der Waals surface area contributed by atoms with Crippen LogP contribution < -0.4 is 5.32 Å². The third-order valence-electron chi connectivity index (χ3n) is 3.39. The Labute approximate surface area is 125 Å². The van der Waals surface area contributed by atoms with Crippen LogP contribution in [0.5, 0.6) is 0 Å². The molecule has 6 heteroatoms. The van der Waals surface area contributed by atoms with E-state index in [1.807, 2.05) is 0 Å². The SMILES string of the molecule is COCc1nc(Cl)cc(NC(C)CN2CCCCC2)n1. The maximum Gasteiger partial charge on any atom is 0.158 e. The lowest BCUT2D eigenvalue weighted by Gasteiger charge is -2.29. The average Bonchev–Trinajstić information content (AvgIpc) is 2.39. The van der Waals surface area contributed by atoms with Crippen molar-refractivity contribution in [2.75, 3.05) is 32.1 Å². The second-order valence-electron chi connectivity index (χ2n) is 5.33. The zero-order chi connectivity index (χ0) is 14.4. The summed E-state index contributed by atoms with van der Waals surface area (Å²) in [6.07, 6.45) is 3.98. The zero-order valence-electron chi connectivity index (χ0n) is 12.2. The summed E-state index contributed by atoms with van der Waals surface area (Å²) in [7, 11) is 1.62. The molecule has 2 rings (SSSR count). The van der Waals surface area contributed by atoms with Crippen molar-refractivity contribution in [1.29, 1.82) is 0 Å². The first kappa shape index (κ1) is 15.5. The third kappa shape index (κ3) is 4.89. The van der Waals surface area contributed by atoms with Gasteiger partial charge < -0.3 is 15.0 Å². The molecule has 1 atom stereocenters. The van der Waals surface area contributed by atoms with Crippen molar-refractivity contribution in [2.24, 2.45) is 0 Å². The number of aromatic nitrogens is 2. The van der Waals surface area contributed by atoms with E-state index in [-0.39, 0.29) is 0 Å². The van der Waals surface area contributed by atoms with Crippen LogP contribution in [-0.2, 0) is 11.3 Å². The molecule has 0 aliphatic carbocycles. The lowest BCUT2D eigenvalue weighted by Crippen LogP contribution is -2.38. The van der Waals surface area contributed by atoms with Gasteiger partial charge in [-0.15, -0.1) is 0 Å². The highest BCUT2D eigenvalue weighted by Gasteiger charge is 2.14. The molecule has 1 unspecified atom stereocenters. The number of rotatable bonds is 6. The van der Waals surface area contributed by atoms with E-state index in [1.54, 1.807) is 13.2 Å². The monoisotopic (exact) mass is 298 g/mol. The van der Waals surface area contributed by atoms with Crippen molar-refractivity contribution in [2.45, 2.75) is 38.8 Å². The summed E-state index contributed by atoms with van der Waals surface area (Å²) in [6, 6.07) is 2.09. The van der Waals surface area contributed by atoms with Crippen LogP contribution in [0.1, 0.15) is 32.0 Å². The number of anilines is 1. The van der Waals surface area contributed by atoms with Crippen molar-refractivity contribution in [1.82, 2.24) is 14.9 Å². The largest absolute Gasteiger partial charge is 0.377 e. The Balaban J connectivity index is 1.90. The molecule has 1 aromatic rings. The highest BCUT2D eigenvalue weighted by atomic mass is 35.5. The van der Waals surface area contributed by atoms with Crippen LogP contribution in [-0.4, -0.2) is 47.7 Å². The molecule has 0 spiro atoms. The van der Waals surface area contributed by atoms with Crippen LogP contribution >= 0.6 is 11.6 Å². The molecule has 1 aliphatic rings. The number of halogens is 1. The van der Waals surface area contributed by atoms with E-state index < -0.39 is 0 Å². The van der Waals surface area contributed by atoms with Gasteiger partial charge in [0.25, 0.3) is 0 Å². The summed E-state index contributed by atoms with van der Waals surface area (Å²) in [5.41, 5.74) is 0. The maximum atomic E-state index is 6.00. The van der Waals surface area contributed by atoms with E-state index >= 15 is 0 Å². The van der Waals surface area contributed by atoms with Gasteiger partial charge >= 0.3 is 0 Å². The smallest absolute Gasteiger partial charge is 0.158 e. The van der Waals surface area contributed by atoms with Gasteiger partial charge in [-0.3, -0.25) is 0 Å². The first-order valence-electron chi connectivity index (χ1n) is 7.18. The minimum atomic E-state index is 0.328.